The van der Waals surface area contributed by atoms with Crippen molar-refractivity contribution >= 4 is 5.96 Å². The molecule has 0 heterocycles. The molecule has 1 rings (SSSR count). The summed E-state index contributed by atoms with van der Waals surface area (Å²) in [5, 5.41) is 6.75. The van der Waals surface area contributed by atoms with Gasteiger partial charge in [-0.3, -0.25) is 4.99 Å². The van der Waals surface area contributed by atoms with Crippen molar-refractivity contribution in [2.24, 2.45) is 10.4 Å². The lowest BCUT2D eigenvalue weighted by molar-refractivity contribution is 0.0205. The summed E-state index contributed by atoms with van der Waals surface area (Å²) in [5.41, 5.74) is 1.71. The van der Waals surface area contributed by atoms with Crippen LogP contribution < -0.4 is 10.6 Å². The number of rotatable bonds is 6. The van der Waals surface area contributed by atoms with Crippen LogP contribution in [0.2, 0.25) is 0 Å². The van der Waals surface area contributed by atoms with Crippen molar-refractivity contribution in [1.29, 1.82) is 0 Å². The third-order valence-electron chi connectivity index (χ3n) is 4.05. The highest BCUT2D eigenvalue weighted by molar-refractivity contribution is 5.79. The number of allylic oxidation sites excluding steroid dienone is 1. The first-order valence-corrected chi connectivity index (χ1v) is 8.12. The van der Waals surface area contributed by atoms with Crippen molar-refractivity contribution in [3.8, 4) is 0 Å². The van der Waals surface area contributed by atoms with Gasteiger partial charge in [-0.1, -0.05) is 32.4 Å². The third-order valence-corrected chi connectivity index (χ3v) is 4.05. The Kier molecular flexibility index (Phi) is 7.79. The first-order valence-electron chi connectivity index (χ1n) is 8.12. The van der Waals surface area contributed by atoms with Gasteiger partial charge < -0.3 is 15.4 Å². The molecule has 4 nitrogen and oxygen atoms in total. The van der Waals surface area contributed by atoms with Crippen LogP contribution in [0.25, 0.3) is 0 Å². The molecule has 0 saturated heterocycles. The van der Waals surface area contributed by atoms with Crippen LogP contribution in [0.15, 0.2) is 16.6 Å². The average Bonchev–Trinajstić information content (AvgIpc) is 2.45. The number of methoxy groups -OCH3 is 1. The predicted molar refractivity (Wildman–Crippen MR) is 90.8 cm³/mol. The summed E-state index contributed by atoms with van der Waals surface area (Å²) in [4.78, 5) is 4.28. The predicted octanol–water partition coefficient (Wildman–Crippen LogP) is 3.10. The van der Waals surface area contributed by atoms with E-state index in [0.29, 0.717) is 0 Å². The van der Waals surface area contributed by atoms with Crippen LogP contribution in [0.3, 0.4) is 0 Å². The number of aliphatic imine (C=N–C) groups is 1. The zero-order chi connectivity index (χ0) is 15.7. The van der Waals surface area contributed by atoms with Crippen molar-refractivity contribution in [2.45, 2.75) is 59.0 Å². The molecule has 0 aromatic carbocycles. The maximum absolute atomic E-state index is 5.55. The quantitative estimate of drug-likeness (QED) is 0.450. The molecule has 1 aliphatic rings. The van der Waals surface area contributed by atoms with E-state index >= 15 is 0 Å². The first-order chi connectivity index (χ1) is 9.97. The van der Waals surface area contributed by atoms with E-state index in [4.69, 9.17) is 4.74 Å². The van der Waals surface area contributed by atoms with Gasteiger partial charge in [-0.15, -0.1) is 0 Å². The molecule has 0 aliphatic heterocycles. The molecule has 122 valence electrons. The fourth-order valence-corrected chi connectivity index (χ4v) is 2.63. The van der Waals surface area contributed by atoms with Gasteiger partial charge >= 0.3 is 0 Å². The minimum atomic E-state index is 0.119. The highest BCUT2D eigenvalue weighted by Crippen LogP contribution is 2.21. The number of nitrogens with one attached hydrogen (secondary N) is 2. The second-order valence-corrected chi connectivity index (χ2v) is 6.83. The van der Waals surface area contributed by atoms with Crippen molar-refractivity contribution in [3.05, 3.63) is 11.6 Å². The van der Waals surface area contributed by atoms with Crippen LogP contribution in [-0.4, -0.2) is 39.3 Å². The SMILES string of the molecule is CN=C(NCCC1=CCCCC1)NCC(OC)C(C)(C)C. The molecule has 0 fully saturated rings. The molecular weight excluding hydrogens is 262 g/mol. The molecule has 0 aromatic rings. The molecule has 0 amide bonds. The molecule has 0 aromatic heterocycles. The fraction of sp³-hybridized carbons (Fsp3) is 0.824. The number of nitrogens with zero attached hydrogens (tertiary/aromatic N) is 1. The molecule has 2 N–H and O–H groups in total. The summed E-state index contributed by atoms with van der Waals surface area (Å²) < 4.78 is 5.55. The molecular formula is C17H33N3O. The van der Waals surface area contributed by atoms with Crippen LogP contribution in [0.5, 0.6) is 0 Å². The Labute approximate surface area is 130 Å². The van der Waals surface area contributed by atoms with Crippen molar-refractivity contribution in [1.82, 2.24) is 10.6 Å². The van der Waals surface area contributed by atoms with E-state index in [-0.39, 0.29) is 11.5 Å². The van der Waals surface area contributed by atoms with Gasteiger partial charge in [0.25, 0.3) is 0 Å². The van der Waals surface area contributed by atoms with E-state index in [2.05, 4.69) is 42.5 Å². The van der Waals surface area contributed by atoms with Gasteiger partial charge in [-0.25, -0.2) is 0 Å². The minimum Gasteiger partial charge on any atom is -0.379 e. The monoisotopic (exact) mass is 295 g/mol. The highest BCUT2D eigenvalue weighted by Gasteiger charge is 2.24. The lowest BCUT2D eigenvalue weighted by Gasteiger charge is -2.30. The Morgan fingerprint density at radius 2 is 2.10 bits per heavy atom. The molecule has 0 radical (unpaired) electrons. The summed E-state index contributed by atoms with van der Waals surface area (Å²) in [6, 6.07) is 0. The van der Waals surface area contributed by atoms with Gasteiger partial charge in [-0.2, -0.15) is 0 Å². The normalized spacial score (nSPS) is 18.1. The largest absolute Gasteiger partial charge is 0.379 e. The zero-order valence-electron chi connectivity index (χ0n) is 14.5. The number of hydrogen-bond acceptors (Lipinski definition) is 2. The Morgan fingerprint density at radius 3 is 2.62 bits per heavy atom. The fourth-order valence-electron chi connectivity index (χ4n) is 2.63. The van der Waals surface area contributed by atoms with Crippen LogP contribution >= 0.6 is 0 Å². The van der Waals surface area contributed by atoms with Gasteiger partial charge in [0.1, 0.15) is 0 Å². The van der Waals surface area contributed by atoms with E-state index in [0.717, 1.165) is 25.5 Å². The Balaban J connectivity index is 2.30. The zero-order valence-corrected chi connectivity index (χ0v) is 14.5. The van der Waals surface area contributed by atoms with Crippen LogP contribution in [0.4, 0.5) is 0 Å². The summed E-state index contributed by atoms with van der Waals surface area (Å²) in [6.07, 6.45) is 8.91. The molecule has 0 bridgehead atoms. The molecule has 0 saturated carbocycles. The van der Waals surface area contributed by atoms with E-state index in [1.54, 1.807) is 12.7 Å². The number of hydrogen-bond donors (Lipinski definition) is 2. The standard InChI is InChI=1S/C17H33N3O/c1-17(2,3)15(21-5)13-20-16(18-4)19-12-11-14-9-7-6-8-10-14/h9,15H,6-8,10-13H2,1-5H3,(H2,18,19,20). The summed E-state index contributed by atoms with van der Waals surface area (Å²) in [5.74, 6) is 0.859. The van der Waals surface area contributed by atoms with Crippen LogP contribution in [0.1, 0.15) is 52.9 Å². The second-order valence-electron chi connectivity index (χ2n) is 6.83. The topological polar surface area (TPSA) is 45.7 Å². The van der Waals surface area contributed by atoms with Crippen LogP contribution in [-0.2, 0) is 4.74 Å². The van der Waals surface area contributed by atoms with Crippen LogP contribution in [0, 0.1) is 5.41 Å². The highest BCUT2D eigenvalue weighted by atomic mass is 16.5. The van der Waals surface area contributed by atoms with E-state index in [9.17, 15) is 0 Å². The maximum atomic E-state index is 5.55. The van der Waals surface area contributed by atoms with E-state index in [1.165, 1.54) is 25.7 Å². The summed E-state index contributed by atoms with van der Waals surface area (Å²) in [6.45, 7) is 8.28. The maximum Gasteiger partial charge on any atom is 0.191 e. The molecule has 1 aliphatic carbocycles. The van der Waals surface area contributed by atoms with Gasteiger partial charge in [0, 0.05) is 27.2 Å². The van der Waals surface area contributed by atoms with Crippen molar-refractivity contribution < 1.29 is 4.74 Å². The van der Waals surface area contributed by atoms with E-state index in [1.807, 2.05) is 7.05 Å². The third kappa shape index (κ3) is 6.98. The molecule has 1 atom stereocenters. The minimum absolute atomic E-state index is 0.119. The van der Waals surface area contributed by atoms with Crippen molar-refractivity contribution in [2.75, 3.05) is 27.2 Å². The molecule has 4 heteroatoms. The Morgan fingerprint density at radius 1 is 1.33 bits per heavy atom. The molecule has 0 spiro atoms. The number of ether oxygens (including phenoxy) is 1. The molecule has 1 unspecified atom stereocenters. The summed E-state index contributed by atoms with van der Waals surface area (Å²) in [7, 11) is 3.58. The smallest absolute Gasteiger partial charge is 0.191 e. The van der Waals surface area contributed by atoms with E-state index < -0.39 is 0 Å². The Hall–Kier alpha value is -1.03. The first kappa shape index (κ1) is 18.0. The van der Waals surface area contributed by atoms with Crippen molar-refractivity contribution in [3.63, 3.8) is 0 Å². The van der Waals surface area contributed by atoms with Gasteiger partial charge in [-0.05, 0) is 37.5 Å². The summed E-state index contributed by atoms with van der Waals surface area (Å²) >= 11 is 0. The lowest BCUT2D eigenvalue weighted by Crippen LogP contribution is -2.45. The van der Waals surface area contributed by atoms with Gasteiger partial charge in [0.15, 0.2) is 5.96 Å². The molecule has 21 heavy (non-hydrogen) atoms. The van der Waals surface area contributed by atoms with Gasteiger partial charge in [0.05, 0.1) is 6.10 Å². The lowest BCUT2D eigenvalue weighted by atomic mass is 9.89. The second kappa shape index (κ2) is 9.08. The average molecular weight is 295 g/mol. The van der Waals surface area contributed by atoms with Gasteiger partial charge in [0.2, 0.25) is 0 Å². The Bertz CT molecular complexity index is 356. The number of guanidine groups is 1.